The van der Waals surface area contributed by atoms with Gasteiger partial charge in [-0.3, -0.25) is 4.46 Å². The zero-order valence-electron chi connectivity index (χ0n) is 5.61. The van der Waals surface area contributed by atoms with Gasteiger partial charge >= 0.3 is 38.7 Å². The first kappa shape index (κ1) is 22.6. The predicted octanol–water partition coefficient (Wildman–Crippen LogP) is -0.719. The number of alkyl halides is 1. The molecule has 0 spiro atoms. The molecule has 0 saturated heterocycles. The van der Waals surface area contributed by atoms with E-state index in [0.717, 1.165) is 0 Å². The predicted molar refractivity (Wildman–Crippen MR) is 45.8 cm³/mol. The Morgan fingerprint density at radius 1 is 1.42 bits per heavy atom. The van der Waals surface area contributed by atoms with Crippen molar-refractivity contribution in [2.75, 3.05) is 12.5 Å². The molecule has 0 rings (SSSR count). The number of nitrogens with zero attached hydrogens (tertiary/aromatic N) is 2. The molecular weight excluding hydrogens is 211 g/mol. The van der Waals surface area contributed by atoms with Crippen LogP contribution >= 0.6 is 11.6 Å². The van der Waals surface area contributed by atoms with E-state index in [-0.39, 0.29) is 42.0 Å². The molecule has 0 radical (unpaired) electrons. The van der Waals surface area contributed by atoms with Crippen LogP contribution in [0.5, 0.6) is 0 Å². The Balaban J connectivity index is -0.0000000560. The van der Waals surface area contributed by atoms with E-state index in [2.05, 4.69) is 17.6 Å². The van der Waals surface area contributed by atoms with Crippen molar-refractivity contribution >= 4 is 50.3 Å². The molecule has 64 valence electrons. The van der Waals surface area contributed by atoms with Gasteiger partial charge in [0.05, 0.1) is 12.5 Å². The fourth-order valence-electron chi connectivity index (χ4n) is 0.126. The van der Waals surface area contributed by atoms with E-state index in [1.54, 1.807) is 0 Å². The summed E-state index contributed by atoms with van der Waals surface area (Å²) in [6.45, 7) is 7.15. The molecule has 0 amide bonds. The summed E-state index contributed by atoms with van der Waals surface area (Å²) in [4.78, 5) is 7.95. The first-order chi connectivity index (χ1) is 5.27. The van der Waals surface area contributed by atoms with Crippen LogP contribution in [0.1, 0.15) is 0 Å². The van der Waals surface area contributed by atoms with E-state index >= 15 is 0 Å². The van der Waals surface area contributed by atoms with Gasteiger partial charge in [-0.05, 0) is 0 Å². The molecule has 0 heterocycles. The Kier molecular flexibility index (Phi) is 58.0. The van der Waals surface area contributed by atoms with Crippen LogP contribution in [0, 0.1) is 23.7 Å². The Morgan fingerprint density at radius 3 is 1.83 bits per heavy atom. The summed E-state index contributed by atoms with van der Waals surface area (Å²) in [6, 6.07) is 0. The monoisotopic (exact) mass is 218 g/mol. The van der Waals surface area contributed by atoms with Gasteiger partial charge in [-0.25, -0.2) is 10.5 Å². The third-order valence-corrected chi connectivity index (χ3v) is 0.908. The van der Waals surface area contributed by atoms with Crippen LogP contribution in [0.15, 0.2) is 0 Å². The van der Waals surface area contributed by atoms with Crippen molar-refractivity contribution in [2.24, 2.45) is 0 Å². The fraction of sp³-hybridized carbons (Fsp3) is 0.500. The molecule has 0 unspecified atom stereocenters. The van der Waals surface area contributed by atoms with Crippen LogP contribution in [0.4, 0.5) is 0 Å². The maximum absolute atomic E-state index is 9.66. The Labute approximate surface area is 99.7 Å². The summed E-state index contributed by atoms with van der Waals surface area (Å²) in [6.07, 6.45) is 0. The van der Waals surface area contributed by atoms with Crippen molar-refractivity contribution in [3.8, 4) is 13.1 Å². The van der Waals surface area contributed by atoms with E-state index in [1.807, 2.05) is 0 Å². The molecule has 5 nitrogen and oxygen atoms in total. The number of rotatable bonds is 3. The van der Waals surface area contributed by atoms with Crippen LogP contribution < -0.4 is 0 Å². The van der Waals surface area contributed by atoms with Crippen molar-refractivity contribution in [3.63, 3.8) is 0 Å². The minimum absolute atomic E-state index is 0. The van der Waals surface area contributed by atoms with Crippen molar-refractivity contribution in [2.45, 2.75) is 0 Å². The van der Waals surface area contributed by atoms with Gasteiger partial charge in [-0.15, -0.1) is 11.6 Å². The summed E-state index contributed by atoms with van der Waals surface area (Å²) < 4.78 is 13.8. The van der Waals surface area contributed by atoms with Crippen molar-refractivity contribution in [1.82, 2.24) is 0 Å². The van der Waals surface area contributed by atoms with E-state index in [1.165, 1.54) is 0 Å². The zero-order chi connectivity index (χ0) is 9.70. The van der Waals surface area contributed by atoms with Crippen LogP contribution in [0.2, 0.25) is 0 Å². The molecular formula is C4H8ClN2NaO3Si. The second-order valence-corrected chi connectivity index (χ2v) is 2.00. The standard InChI is InChI=1S/C2H5ClO3Si.2CHN.Na.H/c3-1-2-6-7(4)5;2*1-2;;/h4H,1-2H2;2*1H;;. The average Bonchev–Trinajstić information content (AvgIpc) is 2.08. The van der Waals surface area contributed by atoms with Gasteiger partial charge in [0.15, 0.2) is 0 Å². The van der Waals surface area contributed by atoms with Gasteiger partial charge < -0.3 is 9.22 Å². The molecule has 0 aromatic carbocycles. The SMILES string of the molecule is C#N.C#N.O=[Si](O)OCCCl.[NaH]. The van der Waals surface area contributed by atoms with Crippen molar-refractivity contribution < 1.29 is 13.7 Å². The summed E-state index contributed by atoms with van der Waals surface area (Å²) in [5, 5.41) is 13.0. The molecule has 0 bridgehead atoms. The van der Waals surface area contributed by atoms with Gasteiger partial charge in [-0.2, -0.15) is 0 Å². The zero-order valence-corrected chi connectivity index (χ0v) is 7.36. The minimum atomic E-state index is -2.73. The van der Waals surface area contributed by atoms with Gasteiger partial charge in [0.25, 0.3) is 0 Å². The fourth-order valence-corrected chi connectivity index (χ4v) is 0.609. The van der Waals surface area contributed by atoms with Crippen LogP contribution in [0.25, 0.3) is 0 Å². The number of hydrogen-bond donors (Lipinski definition) is 1. The third kappa shape index (κ3) is 51.7. The molecule has 0 fully saturated rings. The summed E-state index contributed by atoms with van der Waals surface area (Å²) in [5.41, 5.74) is 0. The average molecular weight is 219 g/mol. The summed E-state index contributed by atoms with van der Waals surface area (Å²) in [7, 11) is -2.73. The first-order valence-electron chi connectivity index (χ1n) is 2.20. The number of nitriles is 2. The second-order valence-electron chi connectivity index (χ2n) is 0.803. The normalized spacial score (nSPS) is 5.08. The van der Waals surface area contributed by atoms with Crippen LogP contribution in [-0.4, -0.2) is 56.0 Å². The summed E-state index contributed by atoms with van der Waals surface area (Å²) in [5.74, 6) is 0.261. The first-order valence-corrected chi connectivity index (χ1v) is 4.00. The van der Waals surface area contributed by atoms with Gasteiger partial charge in [0.2, 0.25) is 0 Å². The molecule has 0 aliphatic heterocycles. The van der Waals surface area contributed by atoms with Crippen molar-refractivity contribution in [1.29, 1.82) is 10.5 Å². The molecule has 0 aliphatic carbocycles. The molecule has 0 aromatic heterocycles. The molecule has 12 heavy (non-hydrogen) atoms. The summed E-state index contributed by atoms with van der Waals surface area (Å²) >= 11 is 5.09. The molecule has 1 N–H and O–H groups in total. The maximum atomic E-state index is 9.66. The van der Waals surface area contributed by atoms with Crippen LogP contribution in [-0.2, 0) is 8.89 Å². The molecule has 0 atom stereocenters. The number of hydrogen-bond acceptors (Lipinski definition) is 4. The van der Waals surface area contributed by atoms with Gasteiger partial charge in [0.1, 0.15) is 0 Å². The van der Waals surface area contributed by atoms with Gasteiger partial charge in [0, 0.05) is 13.1 Å². The van der Waals surface area contributed by atoms with Crippen molar-refractivity contribution in [3.05, 3.63) is 0 Å². The number of halogens is 1. The Hall–Kier alpha value is -0.113. The van der Waals surface area contributed by atoms with E-state index in [4.69, 9.17) is 26.9 Å². The Morgan fingerprint density at radius 2 is 1.75 bits per heavy atom. The second kappa shape index (κ2) is 30.7. The topological polar surface area (TPSA) is 94.1 Å². The molecule has 0 saturated carbocycles. The quantitative estimate of drug-likeness (QED) is 0.498. The molecule has 0 aliphatic rings. The van der Waals surface area contributed by atoms with Crippen LogP contribution in [0.3, 0.4) is 0 Å². The third-order valence-electron chi connectivity index (χ3n) is 0.303. The van der Waals surface area contributed by atoms with E-state index in [0.29, 0.717) is 0 Å². The molecule has 8 heteroatoms. The van der Waals surface area contributed by atoms with E-state index in [9.17, 15) is 4.46 Å². The molecule has 0 aromatic rings. The Bertz CT molecular complexity index is 126. The van der Waals surface area contributed by atoms with E-state index < -0.39 is 9.17 Å². The van der Waals surface area contributed by atoms with Gasteiger partial charge in [-0.1, -0.05) is 0 Å².